The van der Waals surface area contributed by atoms with Crippen LogP contribution >= 0.6 is 0 Å². The minimum Gasteiger partial charge on any atom is -0.337 e. The van der Waals surface area contributed by atoms with E-state index >= 15 is 0 Å². The number of likely N-dealkylation sites (tertiary alicyclic amines) is 2. The number of hydrogen-bond donors (Lipinski definition) is 0. The van der Waals surface area contributed by atoms with Crippen LogP contribution in [0.25, 0.3) is 0 Å². The van der Waals surface area contributed by atoms with Gasteiger partial charge in [0.05, 0.1) is 12.7 Å². The lowest BCUT2D eigenvalue weighted by atomic mass is 9.97. The van der Waals surface area contributed by atoms with E-state index in [2.05, 4.69) is 34.3 Å². The van der Waals surface area contributed by atoms with Crippen LogP contribution in [-0.4, -0.2) is 63.4 Å². The van der Waals surface area contributed by atoms with Gasteiger partial charge in [-0.2, -0.15) is 0 Å². The average molecular weight is 367 g/mol. The highest BCUT2D eigenvalue weighted by Crippen LogP contribution is 2.21. The second-order valence-electron chi connectivity index (χ2n) is 7.99. The molecular weight excluding hydrogens is 338 g/mol. The zero-order chi connectivity index (χ0) is 18.6. The Balaban J connectivity index is 1.37. The van der Waals surface area contributed by atoms with Gasteiger partial charge in [-0.1, -0.05) is 29.5 Å². The fraction of sp³-hybridized carbons (Fsp3) is 0.571. The summed E-state index contributed by atoms with van der Waals surface area (Å²) < 4.78 is 1.77. The van der Waals surface area contributed by atoms with E-state index < -0.39 is 0 Å². The first kappa shape index (κ1) is 18.2. The van der Waals surface area contributed by atoms with Gasteiger partial charge in [-0.15, -0.1) is 5.10 Å². The molecule has 1 aromatic carbocycles. The highest BCUT2D eigenvalue weighted by atomic mass is 16.2. The molecule has 0 radical (unpaired) electrons. The van der Waals surface area contributed by atoms with Crippen LogP contribution in [0, 0.1) is 12.8 Å². The quantitative estimate of drug-likeness (QED) is 0.815. The van der Waals surface area contributed by atoms with Crippen molar-refractivity contribution in [2.24, 2.45) is 5.92 Å². The molecule has 144 valence electrons. The third kappa shape index (κ3) is 4.38. The molecule has 6 nitrogen and oxygen atoms in total. The van der Waals surface area contributed by atoms with Crippen molar-refractivity contribution in [1.29, 1.82) is 0 Å². The smallest absolute Gasteiger partial charge is 0.276 e. The van der Waals surface area contributed by atoms with Crippen LogP contribution in [0.4, 0.5) is 0 Å². The molecule has 6 heteroatoms. The summed E-state index contributed by atoms with van der Waals surface area (Å²) in [6.07, 6.45) is 6.74. The van der Waals surface area contributed by atoms with Crippen molar-refractivity contribution in [3.8, 4) is 0 Å². The molecule has 2 aromatic rings. The van der Waals surface area contributed by atoms with Crippen molar-refractivity contribution in [2.45, 2.75) is 39.2 Å². The van der Waals surface area contributed by atoms with E-state index in [4.69, 9.17) is 0 Å². The highest BCUT2D eigenvalue weighted by Gasteiger charge is 2.28. The molecule has 27 heavy (non-hydrogen) atoms. The van der Waals surface area contributed by atoms with Gasteiger partial charge in [0.25, 0.3) is 5.91 Å². The monoisotopic (exact) mass is 367 g/mol. The zero-order valence-corrected chi connectivity index (χ0v) is 16.2. The topological polar surface area (TPSA) is 54.3 Å². The Morgan fingerprint density at radius 2 is 1.96 bits per heavy atom. The number of carbonyl (C=O) groups excluding carboxylic acids is 1. The van der Waals surface area contributed by atoms with Gasteiger partial charge in [0, 0.05) is 19.6 Å². The van der Waals surface area contributed by atoms with Crippen molar-refractivity contribution >= 4 is 5.91 Å². The normalized spacial score (nSPS) is 20.9. The first-order chi connectivity index (χ1) is 13.2. The van der Waals surface area contributed by atoms with E-state index in [0.717, 1.165) is 26.1 Å². The third-order valence-electron chi connectivity index (χ3n) is 5.87. The Kier molecular flexibility index (Phi) is 5.53. The Morgan fingerprint density at radius 1 is 1.15 bits per heavy atom. The number of amides is 1. The molecule has 1 aromatic heterocycles. The van der Waals surface area contributed by atoms with Gasteiger partial charge in [0.15, 0.2) is 5.69 Å². The Labute approximate surface area is 161 Å². The van der Waals surface area contributed by atoms with E-state index in [1.165, 1.54) is 43.5 Å². The summed E-state index contributed by atoms with van der Waals surface area (Å²) in [6.45, 7) is 7.98. The van der Waals surface area contributed by atoms with E-state index in [9.17, 15) is 4.79 Å². The van der Waals surface area contributed by atoms with E-state index in [1.807, 2.05) is 17.0 Å². The second kappa shape index (κ2) is 8.21. The first-order valence-corrected chi connectivity index (χ1v) is 10.2. The van der Waals surface area contributed by atoms with E-state index in [-0.39, 0.29) is 5.91 Å². The number of benzene rings is 1. The minimum absolute atomic E-state index is 0.0251. The summed E-state index contributed by atoms with van der Waals surface area (Å²) in [7, 11) is 0. The largest absolute Gasteiger partial charge is 0.337 e. The van der Waals surface area contributed by atoms with E-state index in [0.29, 0.717) is 18.2 Å². The maximum atomic E-state index is 12.9. The number of nitrogens with zero attached hydrogens (tertiary/aromatic N) is 5. The van der Waals surface area contributed by atoms with Gasteiger partial charge < -0.3 is 9.80 Å². The fourth-order valence-corrected chi connectivity index (χ4v) is 4.33. The lowest BCUT2D eigenvalue weighted by Gasteiger charge is -2.34. The Bertz CT molecular complexity index is 780. The Hall–Kier alpha value is -2.21. The molecule has 1 unspecified atom stereocenters. The minimum atomic E-state index is 0.0251. The summed E-state index contributed by atoms with van der Waals surface area (Å²) >= 11 is 0. The second-order valence-corrected chi connectivity index (χ2v) is 7.99. The number of aryl methyl sites for hydroxylation is 1. The lowest BCUT2D eigenvalue weighted by molar-refractivity contribution is 0.0642. The van der Waals surface area contributed by atoms with Crippen LogP contribution in [0.1, 0.15) is 47.3 Å². The van der Waals surface area contributed by atoms with Gasteiger partial charge >= 0.3 is 0 Å². The molecule has 2 fully saturated rings. The molecule has 0 aliphatic carbocycles. The maximum absolute atomic E-state index is 12.9. The van der Waals surface area contributed by atoms with Crippen LogP contribution in [0.5, 0.6) is 0 Å². The predicted molar refractivity (Wildman–Crippen MR) is 105 cm³/mol. The van der Waals surface area contributed by atoms with Gasteiger partial charge in [0.1, 0.15) is 0 Å². The molecule has 2 aliphatic heterocycles. The van der Waals surface area contributed by atoms with Gasteiger partial charge in [-0.25, -0.2) is 4.68 Å². The molecule has 1 amide bonds. The highest BCUT2D eigenvalue weighted by molar-refractivity contribution is 5.92. The maximum Gasteiger partial charge on any atom is 0.276 e. The number of hydrogen-bond acceptors (Lipinski definition) is 4. The predicted octanol–water partition coefficient (Wildman–Crippen LogP) is 2.58. The van der Waals surface area contributed by atoms with Gasteiger partial charge in [-0.05, 0) is 62.7 Å². The van der Waals surface area contributed by atoms with Crippen molar-refractivity contribution in [3.63, 3.8) is 0 Å². The summed E-state index contributed by atoms with van der Waals surface area (Å²) in [5.74, 6) is 0.611. The van der Waals surface area contributed by atoms with Crippen LogP contribution < -0.4 is 0 Å². The number of piperidine rings is 1. The number of rotatable bonds is 5. The number of carbonyl (C=O) groups is 1. The molecule has 0 saturated carbocycles. The SMILES string of the molecule is Cc1ccccc1Cn1cc(C(=O)N2CCCC(CN3CCCC3)C2)nn1. The van der Waals surface area contributed by atoms with Crippen LogP contribution in [0.3, 0.4) is 0 Å². The number of aromatic nitrogens is 3. The molecule has 0 bridgehead atoms. The van der Waals surface area contributed by atoms with Crippen LogP contribution in [-0.2, 0) is 6.54 Å². The molecule has 3 heterocycles. The lowest BCUT2D eigenvalue weighted by Crippen LogP contribution is -2.43. The standard InChI is InChI=1S/C21H29N5O/c1-17-7-2-3-9-19(17)15-26-16-20(22-23-26)21(27)25-12-6-8-18(14-25)13-24-10-4-5-11-24/h2-3,7,9,16,18H,4-6,8,10-15H2,1H3. The summed E-state index contributed by atoms with van der Waals surface area (Å²) in [5.41, 5.74) is 2.89. The van der Waals surface area contributed by atoms with E-state index in [1.54, 1.807) is 10.9 Å². The molecule has 0 spiro atoms. The fourth-order valence-electron chi connectivity index (χ4n) is 4.33. The van der Waals surface area contributed by atoms with Crippen molar-refractivity contribution in [3.05, 3.63) is 47.3 Å². The zero-order valence-electron chi connectivity index (χ0n) is 16.2. The average Bonchev–Trinajstić information content (AvgIpc) is 3.35. The van der Waals surface area contributed by atoms with Crippen molar-refractivity contribution in [2.75, 3.05) is 32.7 Å². The molecule has 2 saturated heterocycles. The molecule has 0 N–H and O–H groups in total. The van der Waals surface area contributed by atoms with Gasteiger partial charge in [0.2, 0.25) is 0 Å². The summed E-state index contributed by atoms with van der Waals surface area (Å²) in [6, 6.07) is 8.24. The van der Waals surface area contributed by atoms with Crippen molar-refractivity contribution < 1.29 is 4.79 Å². The van der Waals surface area contributed by atoms with Crippen LogP contribution in [0.15, 0.2) is 30.5 Å². The van der Waals surface area contributed by atoms with Crippen molar-refractivity contribution in [1.82, 2.24) is 24.8 Å². The molecule has 2 aliphatic rings. The molecular formula is C21H29N5O. The van der Waals surface area contributed by atoms with Gasteiger partial charge in [-0.3, -0.25) is 4.79 Å². The van der Waals surface area contributed by atoms with Crippen LogP contribution in [0.2, 0.25) is 0 Å². The molecule has 4 rings (SSSR count). The summed E-state index contributed by atoms with van der Waals surface area (Å²) in [5, 5.41) is 8.34. The first-order valence-electron chi connectivity index (χ1n) is 10.2. The Morgan fingerprint density at radius 3 is 2.78 bits per heavy atom. The summed E-state index contributed by atoms with van der Waals surface area (Å²) in [4.78, 5) is 17.4. The molecule has 1 atom stereocenters. The third-order valence-corrected chi connectivity index (χ3v) is 5.87.